The van der Waals surface area contributed by atoms with Crippen molar-refractivity contribution in [1.29, 1.82) is 0 Å². The minimum Gasteiger partial charge on any atom is -0.444 e. The third-order valence-electron chi connectivity index (χ3n) is 5.24. The zero-order valence-electron chi connectivity index (χ0n) is 13.7. The largest absolute Gasteiger partial charge is 0.444 e. The van der Waals surface area contributed by atoms with Crippen LogP contribution in [0.3, 0.4) is 0 Å². The normalized spacial score (nSPS) is 23.6. The standard InChI is InChI=1S/C16H30N2O2/c1-14(2,3)20-13(19)18-10-6-12(7-11-18)15(4,5)16(17)8-9-16/h12H,6-11,17H2,1-5H3. The van der Waals surface area contributed by atoms with Crippen LogP contribution >= 0.6 is 0 Å². The molecular formula is C16H30N2O2. The molecule has 2 N–H and O–H groups in total. The maximum absolute atomic E-state index is 12.1. The van der Waals surface area contributed by atoms with E-state index in [4.69, 9.17) is 10.5 Å². The number of likely N-dealkylation sites (tertiary alicyclic amines) is 1. The van der Waals surface area contributed by atoms with Gasteiger partial charge in [0.15, 0.2) is 0 Å². The van der Waals surface area contributed by atoms with Gasteiger partial charge in [-0.2, -0.15) is 0 Å². The highest BCUT2D eigenvalue weighted by Crippen LogP contribution is 2.53. The Morgan fingerprint density at radius 1 is 1.15 bits per heavy atom. The van der Waals surface area contributed by atoms with Crippen LogP contribution in [0.15, 0.2) is 0 Å². The van der Waals surface area contributed by atoms with Gasteiger partial charge in [0.2, 0.25) is 0 Å². The van der Waals surface area contributed by atoms with Crippen LogP contribution in [0.5, 0.6) is 0 Å². The molecule has 0 aromatic rings. The summed E-state index contributed by atoms with van der Waals surface area (Å²) in [7, 11) is 0. The lowest BCUT2D eigenvalue weighted by Gasteiger charge is -2.44. The molecule has 2 fully saturated rings. The molecule has 0 aromatic carbocycles. The molecule has 0 aromatic heterocycles. The Hall–Kier alpha value is -0.770. The number of hydrogen-bond acceptors (Lipinski definition) is 3. The van der Waals surface area contributed by atoms with Crippen molar-refractivity contribution in [2.45, 2.75) is 71.4 Å². The highest BCUT2D eigenvalue weighted by molar-refractivity contribution is 5.68. The SMILES string of the molecule is CC(C)(C)OC(=O)N1CCC(C(C)(C)C2(N)CC2)CC1. The molecule has 0 unspecified atom stereocenters. The van der Waals surface area contributed by atoms with Gasteiger partial charge in [0.25, 0.3) is 0 Å². The van der Waals surface area contributed by atoms with Crippen molar-refractivity contribution in [3.05, 3.63) is 0 Å². The van der Waals surface area contributed by atoms with Crippen LogP contribution in [0, 0.1) is 11.3 Å². The molecule has 2 rings (SSSR count). The molecule has 1 heterocycles. The fourth-order valence-electron chi connectivity index (χ4n) is 3.30. The lowest BCUT2D eigenvalue weighted by molar-refractivity contribution is 0.00845. The van der Waals surface area contributed by atoms with E-state index < -0.39 is 5.60 Å². The zero-order chi connectivity index (χ0) is 15.2. The minimum absolute atomic E-state index is 0.0335. The molecule has 1 aliphatic carbocycles. The topological polar surface area (TPSA) is 55.6 Å². The van der Waals surface area contributed by atoms with Gasteiger partial charge in [-0.15, -0.1) is 0 Å². The predicted octanol–water partition coefficient (Wildman–Crippen LogP) is 3.15. The predicted molar refractivity (Wildman–Crippen MR) is 80.5 cm³/mol. The van der Waals surface area contributed by atoms with Crippen molar-refractivity contribution in [3.8, 4) is 0 Å². The summed E-state index contributed by atoms with van der Waals surface area (Å²) in [5.74, 6) is 0.605. The summed E-state index contributed by atoms with van der Waals surface area (Å²) in [6.45, 7) is 11.9. The van der Waals surface area contributed by atoms with E-state index >= 15 is 0 Å². The number of carbonyl (C=O) groups is 1. The molecular weight excluding hydrogens is 252 g/mol. The maximum atomic E-state index is 12.1. The first-order valence-corrected chi connectivity index (χ1v) is 7.82. The molecule has 0 spiro atoms. The molecule has 1 aliphatic heterocycles. The molecule has 1 saturated heterocycles. The summed E-state index contributed by atoms with van der Waals surface area (Å²) in [5, 5.41) is 0. The quantitative estimate of drug-likeness (QED) is 0.846. The fraction of sp³-hybridized carbons (Fsp3) is 0.938. The third-order valence-corrected chi connectivity index (χ3v) is 5.24. The first-order valence-electron chi connectivity index (χ1n) is 7.82. The molecule has 2 aliphatic rings. The molecule has 0 atom stereocenters. The molecule has 4 nitrogen and oxygen atoms in total. The number of piperidine rings is 1. The van der Waals surface area contributed by atoms with Gasteiger partial charge in [-0.1, -0.05) is 13.8 Å². The maximum Gasteiger partial charge on any atom is 0.410 e. The number of carbonyl (C=O) groups excluding carboxylic acids is 1. The van der Waals surface area contributed by atoms with Crippen molar-refractivity contribution >= 4 is 6.09 Å². The number of ether oxygens (including phenoxy) is 1. The minimum atomic E-state index is -0.414. The molecule has 20 heavy (non-hydrogen) atoms. The second-order valence-corrected chi connectivity index (χ2v) is 8.12. The molecule has 1 amide bonds. The van der Waals surface area contributed by atoms with Crippen molar-refractivity contribution in [2.24, 2.45) is 17.1 Å². The van der Waals surface area contributed by atoms with E-state index in [2.05, 4.69) is 13.8 Å². The van der Waals surface area contributed by atoms with Gasteiger partial charge in [0.05, 0.1) is 0 Å². The molecule has 0 radical (unpaired) electrons. The van der Waals surface area contributed by atoms with Gasteiger partial charge in [-0.3, -0.25) is 0 Å². The van der Waals surface area contributed by atoms with Gasteiger partial charge >= 0.3 is 6.09 Å². The van der Waals surface area contributed by atoms with Gasteiger partial charge in [0.1, 0.15) is 5.60 Å². The zero-order valence-corrected chi connectivity index (χ0v) is 13.7. The van der Waals surface area contributed by atoms with Crippen LogP contribution in [-0.2, 0) is 4.74 Å². The Bertz CT molecular complexity index is 372. The highest BCUT2D eigenvalue weighted by atomic mass is 16.6. The molecule has 0 bridgehead atoms. The van der Waals surface area contributed by atoms with Gasteiger partial charge in [-0.05, 0) is 57.8 Å². The Labute approximate surface area is 123 Å². The molecule has 4 heteroatoms. The Morgan fingerprint density at radius 3 is 2.05 bits per heavy atom. The average molecular weight is 282 g/mol. The van der Waals surface area contributed by atoms with Crippen LogP contribution in [0.4, 0.5) is 4.79 Å². The van der Waals surface area contributed by atoms with E-state index in [-0.39, 0.29) is 17.0 Å². The number of hydrogen-bond donors (Lipinski definition) is 1. The average Bonchev–Trinajstić information content (AvgIpc) is 3.07. The summed E-state index contributed by atoms with van der Waals surface area (Å²) >= 11 is 0. The van der Waals surface area contributed by atoms with E-state index in [1.165, 1.54) is 0 Å². The van der Waals surface area contributed by atoms with E-state index in [0.717, 1.165) is 38.8 Å². The van der Waals surface area contributed by atoms with Gasteiger partial charge in [0, 0.05) is 18.6 Å². The lowest BCUT2D eigenvalue weighted by Crippen LogP contribution is -2.50. The summed E-state index contributed by atoms with van der Waals surface area (Å²) in [4.78, 5) is 13.9. The fourth-order valence-corrected chi connectivity index (χ4v) is 3.30. The van der Waals surface area contributed by atoms with Crippen molar-refractivity contribution in [1.82, 2.24) is 4.90 Å². The number of rotatable bonds is 2. The summed E-state index contributed by atoms with van der Waals surface area (Å²) in [6, 6.07) is 0. The second-order valence-electron chi connectivity index (χ2n) is 8.12. The first kappa shape index (κ1) is 15.6. The summed E-state index contributed by atoms with van der Waals surface area (Å²) in [6.07, 6.45) is 4.18. The monoisotopic (exact) mass is 282 g/mol. The summed E-state index contributed by atoms with van der Waals surface area (Å²) in [5.41, 5.74) is 6.22. The van der Waals surface area contributed by atoms with Crippen molar-refractivity contribution in [2.75, 3.05) is 13.1 Å². The van der Waals surface area contributed by atoms with Gasteiger partial charge < -0.3 is 15.4 Å². The van der Waals surface area contributed by atoms with E-state index in [1.54, 1.807) is 0 Å². The van der Waals surface area contributed by atoms with Crippen LogP contribution in [0.1, 0.15) is 60.3 Å². The Kier molecular flexibility index (Phi) is 3.83. The Balaban J connectivity index is 1.88. The molecule has 1 saturated carbocycles. The van der Waals surface area contributed by atoms with Crippen LogP contribution < -0.4 is 5.73 Å². The van der Waals surface area contributed by atoms with Crippen LogP contribution in [0.2, 0.25) is 0 Å². The molecule has 116 valence electrons. The van der Waals surface area contributed by atoms with Gasteiger partial charge in [-0.25, -0.2) is 4.79 Å². The number of nitrogens with two attached hydrogens (primary N) is 1. The number of amides is 1. The lowest BCUT2D eigenvalue weighted by atomic mass is 9.67. The first-order chi connectivity index (χ1) is 9.05. The van der Waals surface area contributed by atoms with E-state index in [1.807, 2.05) is 25.7 Å². The third kappa shape index (κ3) is 3.11. The van der Waals surface area contributed by atoms with Crippen molar-refractivity contribution in [3.63, 3.8) is 0 Å². The second kappa shape index (κ2) is 4.90. The van der Waals surface area contributed by atoms with Crippen LogP contribution in [-0.4, -0.2) is 35.2 Å². The summed E-state index contributed by atoms with van der Waals surface area (Å²) < 4.78 is 5.44. The van der Waals surface area contributed by atoms with E-state index in [0.29, 0.717) is 5.92 Å². The Morgan fingerprint density at radius 2 is 1.65 bits per heavy atom. The highest BCUT2D eigenvalue weighted by Gasteiger charge is 2.54. The smallest absolute Gasteiger partial charge is 0.410 e. The number of nitrogens with zero attached hydrogens (tertiary/aromatic N) is 1. The van der Waals surface area contributed by atoms with Crippen molar-refractivity contribution < 1.29 is 9.53 Å². The van der Waals surface area contributed by atoms with E-state index in [9.17, 15) is 4.79 Å². The van der Waals surface area contributed by atoms with Crippen LogP contribution in [0.25, 0.3) is 0 Å².